The average molecular weight is 329 g/mol. The van der Waals surface area contributed by atoms with Gasteiger partial charge in [-0.1, -0.05) is 51.0 Å². The van der Waals surface area contributed by atoms with Gasteiger partial charge in [-0.25, -0.2) is 13.1 Å². The fourth-order valence-corrected chi connectivity index (χ4v) is 4.15. The third-order valence-corrected chi connectivity index (χ3v) is 5.80. The monoisotopic (exact) mass is 328 g/mol. The van der Waals surface area contributed by atoms with Crippen LogP contribution in [0.15, 0.2) is 23.1 Å². The van der Waals surface area contributed by atoms with Gasteiger partial charge in [-0.15, -0.1) is 0 Å². The second-order valence-electron chi connectivity index (χ2n) is 5.33. The van der Waals surface area contributed by atoms with E-state index in [1.165, 1.54) is 0 Å². The lowest BCUT2D eigenvalue weighted by Gasteiger charge is -2.23. The highest BCUT2D eigenvalue weighted by Crippen LogP contribution is 2.20. The summed E-state index contributed by atoms with van der Waals surface area (Å²) in [5.41, 5.74) is 6.83. The van der Waals surface area contributed by atoms with E-state index in [0.717, 1.165) is 12.8 Å². The zero-order chi connectivity index (χ0) is 16.2. The van der Waals surface area contributed by atoms with E-state index in [1.807, 2.05) is 6.92 Å². The summed E-state index contributed by atoms with van der Waals surface area (Å²) in [5, 5.41) is 0. The van der Waals surface area contributed by atoms with Gasteiger partial charge in [-0.3, -0.25) is 0 Å². The van der Waals surface area contributed by atoms with Crippen LogP contribution in [0.25, 0.3) is 0 Å². The zero-order valence-corrected chi connectivity index (χ0v) is 14.6. The molecule has 21 heavy (non-hydrogen) atoms. The molecule has 0 saturated heterocycles. The van der Waals surface area contributed by atoms with Crippen molar-refractivity contribution < 1.29 is 8.42 Å². The van der Waals surface area contributed by atoms with Crippen molar-refractivity contribution in [1.29, 1.82) is 0 Å². The quantitative estimate of drug-likeness (QED) is 0.755. The Bertz CT molecular complexity index is 608. The van der Waals surface area contributed by atoms with E-state index in [4.69, 9.17) is 18.0 Å². The van der Waals surface area contributed by atoms with Gasteiger partial charge < -0.3 is 5.73 Å². The summed E-state index contributed by atoms with van der Waals surface area (Å²) in [6, 6.07) is 4.89. The van der Waals surface area contributed by atoms with Gasteiger partial charge in [0.25, 0.3) is 0 Å². The van der Waals surface area contributed by atoms with Crippen molar-refractivity contribution in [2.24, 2.45) is 11.7 Å². The van der Waals surface area contributed by atoms with Crippen molar-refractivity contribution in [2.75, 3.05) is 0 Å². The zero-order valence-electron chi connectivity index (χ0n) is 13.0. The minimum Gasteiger partial charge on any atom is -0.389 e. The van der Waals surface area contributed by atoms with Crippen LogP contribution in [-0.2, 0) is 10.0 Å². The molecule has 1 aromatic rings. The Morgan fingerprint density at radius 1 is 1.33 bits per heavy atom. The second-order valence-corrected chi connectivity index (χ2v) is 7.45. The molecule has 0 aliphatic rings. The van der Waals surface area contributed by atoms with Crippen LogP contribution in [0.5, 0.6) is 0 Å². The number of hydrogen-bond donors (Lipinski definition) is 2. The third kappa shape index (κ3) is 4.49. The van der Waals surface area contributed by atoms with Gasteiger partial charge in [0.05, 0.1) is 4.90 Å². The molecule has 0 aliphatic heterocycles. The molecule has 0 bridgehead atoms. The lowest BCUT2D eigenvalue weighted by Crippen LogP contribution is -2.38. The molecule has 0 radical (unpaired) electrons. The molecule has 0 amide bonds. The topological polar surface area (TPSA) is 72.2 Å². The predicted octanol–water partition coefficient (Wildman–Crippen LogP) is 2.73. The van der Waals surface area contributed by atoms with Crippen LogP contribution in [0.4, 0.5) is 0 Å². The maximum atomic E-state index is 12.6. The number of sulfonamides is 1. The lowest BCUT2D eigenvalue weighted by molar-refractivity contribution is 0.390. The van der Waals surface area contributed by atoms with Crippen LogP contribution >= 0.6 is 12.2 Å². The van der Waals surface area contributed by atoms with Crippen molar-refractivity contribution in [1.82, 2.24) is 4.72 Å². The molecule has 118 valence electrons. The molecule has 4 nitrogen and oxygen atoms in total. The molecule has 1 unspecified atom stereocenters. The fourth-order valence-electron chi connectivity index (χ4n) is 2.44. The Labute approximate surface area is 133 Å². The predicted molar refractivity (Wildman–Crippen MR) is 90.9 cm³/mol. The number of nitrogens with one attached hydrogen (secondary N) is 1. The number of thiocarbonyl (C=S) groups is 1. The van der Waals surface area contributed by atoms with E-state index in [0.29, 0.717) is 17.0 Å². The molecule has 6 heteroatoms. The van der Waals surface area contributed by atoms with Crippen LogP contribution in [0, 0.1) is 12.8 Å². The molecular formula is C15H24N2O2S2. The van der Waals surface area contributed by atoms with E-state index in [-0.39, 0.29) is 15.9 Å². The summed E-state index contributed by atoms with van der Waals surface area (Å²) in [6.07, 6.45) is 1.87. The maximum absolute atomic E-state index is 12.6. The first kappa shape index (κ1) is 18.1. The van der Waals surface area contributed by atoms with E-state index < -0.39 is 10.0 Å². The van der Waals surface area contributed by atoms with Gasteiger partial charge in [0, 0.05) is 11.6 Å². The first-order chi connectivity index (χ1) is 9.72. The molecule has 1 aromatic carbocycles. The highest BCUT2D eigenvalue weighted by molar-refractivity contribution is 7.89. The smallest absolute Gasteiger partial charge is 0.241 e. The van der Waals surface area contributed by atoms with Crippen molar-refractivity contribution in [3.8, 4) is 0 Å². The van der Waals surface area contributed by atoms with Gasteiger partial charge in [0.2, 0.25) is 10.0 Å². The van der Waals surface area contributed by atoms with Gasteiger partial charge in [-0.2, -0.15) is 0 Å². The first-order valence-corrected chi connectivity index (χ1v) is 9.04. The highest BCUT2D eigenvalue weighted by atomic mass is 32.2. The van der Waals surface area contributed by atoms with E-state index >= 15 is 0 Å². The van der Waals surface area contributed by atoms with Crippen molar-refractivity contribution in [3.63, 3.8) is 0 Å². The molecule has 0 aromatic heterocycles. The minimum absolute atomic E-state index is 0.113. The summed E-state index contributed by atoms with van der Waals surface area (Å²) in [6.45, 7) is 7.80. The van der Waals surface area contributed by atoms with Crippen molar-refractivity contribution in [2.45, 2.75) is 51.5 Å². The number of benzene rings is 1. The van der Waals surface area contributed by atoms with Crippen LogP contribution in [-0.4, -0.2) is 19.4 Å². The van der Waals surface area contributed by atoms with Crippen molar-refractivity contribution in [3.05, 3.63) is 29.3 Å². The number of hydrogen-bond acceptors (Lipinski definition) is 3. The Balaban J connectivity index is 3.13. The van der Waals surface area contributed by atoms with Gasteiger partial charge in [0.1, 0.15) is 4.99 Å². The second kappa shape index (κ2) is 7.33. The fraction of sp³-hybridized carbons (Fsp3) is 0.533. The Morgan fingerprint density at radius 3 is 2.38 bits per heavy atom. The summed E-state index contributed by atoms with van der Waals surface area (Å²) >= 11 is 4.92. The highest BCUT2D eigenvalue weighted by Gasteiger charge is 2.23. The third-order valence-electron chi connectivity index (χ3n) is 3.86. The molecule has 0 saturated carbocycles. The number of rotatable bonds is 7. The van der Waals surface area contributed by atoms with Crippen LogP contribution in [0.2, 0.25) is 0 Å². The molecule has 1 rings (SSSR count). The molecule has 0 aliphatic carbocycles. The maximum Gasteiger partial charge on any atom is 0.241 e. The first-order valence-electron chi connectivity index (χ1n) is 7.15. The summed E-state index contributed by atoms with van der Waals surface area (Å²) in [7, 11) is -3.58. The standard InChI is InChI=1S/C15H24N2O2S2/c1-5-12(6-2)11(4)17-21(18,19)14-9-13(15(16)20)8-7-10(14)3/h7-9,11-12,17H,5-6H2,1-4H3,(H2,16,20). The average Bonchev–Trinajstić information content (AvgIpc) is 2.39. The SMILES string of the molecule is CCC(CC)C(C)NS(=O)(=O)c1cc(C(N)=S)ccc1C. The minimum atomic E-state index is -3.58. The normalized spacial score (nSPS) is 13.4. The lowest BCUT2D eigenvalue weighted by atomic mass is 9.96. The summed E-state index contributed by atoms with van der Waals surface area (Å²) in [4.78, 5) is 0.435. The molecule has 0 spiro atoms. The molecule has 3 N–H and O–H groups in total. The number of aryl methyl sites for hydroxylation is 1. The number of nitrogens with two attached hydrogens (primary N) is 1. The summed E-state index contributed by atoms with van der Waals surface area (Å²) in [5.74, 6) is 0.318. The largest absolute Gasteiger partial charge is 0.389 e. The van der Waals surface area contributed by atoms with E-state index in [1.54, 1.807) is 25.1 Å². The molecule has 0 fully saturated rings. The molecular weight excluding hydrogens is 304 g/mol. The molecule has 1 atom stereocenters. The van der Waals surface area contributed by atoms with Crippen molar-refractivity contribution >= 4 is 27.2 Å². The van der Waals surface area contributed by atoms with Crippen LogP contribution in [0.3, 0.4) is 0 Å². The molecule has 0 heterocycles. The Morgan fingerprint density at radius 2 is 1.90 bits per heavy atom. The Hall–Kier alpha value is -0.980. The van der Waals surface area contributed by atoms with Gasteiger partial charge in [0.15, 0.2) is 0 Å². The van der Waals surface area contributed by atoms with Gasteiger partial charge in [-0.05, 0) is 31.4 Å². The summed E-state index contributed by atoms with van der Waals surface area (Å²) < 4.78 is 27.9. The van der Waals surface area contributed by atoms with Gasteiger partial charge >= 0.3 is 0 Å². The van der Waals surface area contributed by atoms with E-state index in [2.05, 4.69) is 18.6 Å². The van der Waals surface area contributed by atoms with Crippen LogP contribution < -0.4 is 10.5 Å². The van der Waals surface area contributed by atoms with E-state index in [9.17, 15) is 8.42 Å². The van der Waals surface area contributed by atoms with Crippen LogP contribution in [0.1, 0.15) is 44.7 Å². The Kier molecular flexibility index (Phi) is 6.31.